The summed E-state index contributed by atoms with van der Waals surface area (Å²) in [5.74, 6) is -0.593. The number of nitrogens with zero attached hydrogens (tertiary/aromatic N) is 3. The van der Waals surface area contributed by atoms with Crippen molar-refractivity contribution in [2.45, 2.75) is 59.3 Å². The van der Waals surface area contributed by atoms with Gasteiger partial charge in [0.1, 0.15) is 6.54 Å². The molecule has 0 aromatic heterocycles. The molecular weight excluding hydrogens is 426 g/mol. The fourth-order valence-electron chi connectivity index (χ4n) is 7.65. The lowest BCUT2D eigenvalue weighted by Gasteiger charge is -2.71. The number of carbonyl (C=O) groups is 4. The average molecular weight is 462 g/mol. The van der Waals surface area contributed by atoms with Crippen molar-refractivity contribution in [3.63, 3.8) is 0 Å². The van der Waals surface area contributed by atoms with Gasteiger partial charge in [-0.25, -0.2) is 0 Å². The van der Waals surface area contributed by atoms with Crippen molar-refractivity contribution in [1.29, 1.82) is 0 Å². The lowest BCUT2D eigenvalue weighted by atomic mass is 9.35. The van der Waals surface area contributed by atoms with Crippen molar-refractivity contribution in [3.05, 3.63) is 10.4 Å². The number of nitrogens with one attached hydrogen (secondary N) is 4. The molecule has 0 saturated heterocycles. The van der Waals surface area contributed by atoms with Crippen molar-refractivity contribution in [2.24, 2.45) is 26.8 Å². The van der Waals surface area contributed by atoms with E-state index in [1.807, 2.05) is 0 Å². The van der Waals surface area contributed by atoms with E-state index in [4.69, 9.17) is 5.53 Å². The normalized spacial score (nSPS) is 33.5. The highest BCUT2D eigenvalue weighted by molar-refractivity contribution is 5.78. The zero-order valence-corrected chi connectivity index (χ0v) is 19.8. The molecule has 4 fully saturated rings. The third-order valence-corrected chi connectivity index (χ3v) is 7.58. The van der Waals surface area contributed by atoms with Crippen LogP contribution in [0.2, 0.25) is 0 Å². The van der Waals surface area contributed by atoms with Gasteiger partial charge in [-0.1, -0.05) is 5.11 Å². The Kier molecular flexibility index (Phi) is 6.93. The molecule has 4 aliphatic rings. The summed E-state index contributed by atoms with van der Waals surface area (Å²) in [5.41, 5.74) is 7.70. The molecule has 182 valence electrons. The molecule has 4 bridgehead atoms. The molecule has 4 saturated carbocycles. The second-order valence-electron chi connectivity index (χ2n) is 11.0. The van der Waals surface area contributed by atoms with E-state index in [-0.39, 0.29) is 51.8 Å². The van der Waals surface area contributed by atoms with E-state index in [1.165, 1.54) is 20.8 Å². The Labute approximate surface area is 193 Å². The van der Waals surface area contributed by atoms with Gasteiger partial charge in [0.25, 0.3) is 0 Å². The maximum atomic E-state index is 12.2. The van der Waals surface area contributed by atoms with Crippen molar-refractivity contribution in [1.82, 2.24) is 21.3 Å². The van der Waals surface area contributed by atoms with Crippen LogP contribution in [-0.4, -0.2) is 56.4 Å². The number of hydrogen-bond donors (Lipinski definition) is 4. The standard InChI is InChI=1S/C22H35N7O4/c1-15(30)24-11-19-5-20(12-25-16(2)31)7-21(6-19,13-26-17(3)32)10-22(8-19,9-20)14-27-18(33)4-28-29-23/h4-14H2,1-3H3,(H,24,30)(H,25,31)(H,26,32)(H,27,33). The van der Waals surface area contributed by atoms with Crippen LogP contribution in [0.15, 0.2) is 5.11 Å². The summed E-state index contributed by atoms with van der Waals surface area (Å²) in [7, 11) is 0. The number of rotatable bonds is 10. The Morgan fingerprint density at radius 2 is 0.970 bits per heavy atom. The van der Waals surface area contributed by atoms with Gasteiger partial charge in [0.2, 0.25) is 23.6 Å². The quantitative estimate of drug-likeness (QED) is 0.218. The van der Waals surface area contributed by atoms with E-state index in [9.17, 15) is 19.2 Å². The first-order valence-corrected chi connectivity index (χ1v) is 11.5. The predicted molar refractivity (Wildman–Crippen MR) is 121 cm³/mol. The average Bonchev–Trinajstić information content (AvgIpc) is 2.71. The lowest BCUT2D eigenvalue weighted by Crippen LogP contribution is -2.68. The Morgan fingerprint density at radius 1 is 0.667 bits per heavy atom. The monoisotopic (exact) mass is 461 g/mol. The number of hydrogen-bond acceptors (Lipinski definition) is 5. The van der Waals surface area contributed by atoms with Crippen molar-refractivity contribution < 1.29 is 19.2 Å². The Morgan fingerprint density at radius 3 is 1.24 bits per heavy atom. The first kappa shape index (κ1) is 24.8. The molecule has 0 aliphatic heterocycles. The minimum atomic E-state index is -0.328. The molecule has 33 heavy (non-hydrogen) atoms. The van der Waals surface area contributed by atoms with Crippen LogP contribution in [0.4, 0.5) is 0 Å². The van der Waals surface area contributed by atoms with Crippen molar-refractivity contribution in [2.75, 3.05) is 32.7 Å². The zero-order valence-electron chi connectivity index (χ0n) is 19.8. The first-order chi connectivity index (χ1) is 15.4. The molecule has 11 heteroatoms. The second kappa shape index (κ2) is 9.21. The van der Waals surface area contributed by atoms with E-state index < -0.39 is 0 Å². The fraction of sp³-hybridized carbons (Fsp3) is 0.818. The summed E-state index contributed by atoms with van der Waals surface area (Å²) >= 11 is 0. The second-order valence-corrected chi connectivity index (χ2v) is 11.0. The Balaban J connectivity index is 1.95. The van der Waals surface area contributed by atoms with Gasteiger partial charge in [-0.05, 0) is 65.7 Å². The number of azide groups is 1. The van der Waals surface area contributed by atoms with E-state index >= 15 is 0 Å². The van der Waals surface area contributed by atoms with Crippen LogP contribution in [0, 0.1) is 21.7 Å². The highest BCUT2D eigenvalue weighted by Gasteiger charge is 2.67. The smallest absolute Gasteiger partial charge is 0.225 e. The molecule has 4 N–H and O–H groups in total. The van der Waals surface area contributed by atoms with E-state index in [2.05, 4.69) is 31.3 Å². The van der Waals surface area contributed by atoms with Crippen LogP contribution in [0.5, 0.6) is 0 Å². The van der Waals surface area contributed by atoms with Crippen LogP contribution in [0.1, 0.15) is 59.3 Å². The van der Waals surface area contributed by atoms with Gasteiger partial charge in [0.15, 0.2) is 0 Å². The maximum absolute atomic E-state index is 12.2. The lowest BCUT2D eigenvalue weighted by molar-refractivity contribution is -0.197. The molecule has 0 radical (unpaired) electrons. The summed E-state index contributed by atoms with van der Waals surface area (Å²) in [4.78, 5) is 50.3. The topological polar surface area (TPSA) is 165 Å². The van der Waals surface area contributed by atoms with E-state index in [1.54, 1.807) is 0 Å². The molecule has 0 atom stereocenters. The molecule has 4 rings (SSSR count). The summed E-state index contributed by atoms with van der Waals surface area (Å²) < 4.78 is 0. The van der Waals surface area contributed by atoms with Gasteiger partial charge in [-0.3, -0.25) is 19.2 Å². The summed E-state index contributed by atoms with van der Waals surface area (Å²) in [5, 5.41) is 15.4. The first-order valence-electron chi connectivity index (χ1n) is 11.5. The third kappa shape index (κ3) is 5.76. The minimum Gasteiger partial charge on any atom is -0.356 e. The largest absolute Gasteiger partial charge is 0.356 e. The Bertz CT molecular complexity index is 790. The van der Waals surface area contributed by atoms with Crippen LogP contribution in [-0.2, 0) is 19.2 Å². The van der Waals surface area contributed by atoms with Gasteiger partial charge >= 0.3 is 0 Å². The van der Waals surface area contributed by atoms with Crippen molar-refractivity contribution >= 4 is 23.6 Å². The van der Waals surface area contributed by atoms with Gasteiger partial charge in [0.05, 0.1) is 0 Å². The van der Waals surface area contributed by atoms with Gasteiger partial charge in [-0.2, -0.15) is 0 Å². The molecule has 0 unspecified atom stereocenters. The molecule has 11 nitrogen and oxygen atoms in total. The van der Waals surface area contributed by atoms with Crippen LogP contribution in [0.25, 0.3) is 10.4 Å². The molecule has 0 aromatic carbocycles. The summed E-state index contributed by atoms with van der Waals surface area (Å²) in [6.45, 7) is 6.28. The van der Waals surface area contributed by atoms with Crippen molar-refractivity contribution in [3.8, 4) is 0 Å². The third-order valence-electron chi connectivity index (χ3n) is 7.58. The van der Waals surface area contributed by atoms with Crippen LogP contribution in [0.3, 0.4) is 0 Å². The van der Waals surface area contributed by atoms with Gasteiger partial charge < -0.3 is 21.3 Å². The van der Waals surface area contributed by atoms with Gasteiger partial charge in [0, 0.05) is 51.9 Å². The maximum Gasteiger partial charge on any atom is 0.225 e. The molecular formula is C22H35N7O4. The summed E-state index contributed by atoms with van der Waals surface area (Å²) in [6.07, 6.45) is 5.13. The molecule has 0 heterocycles. The molecule has 4 aliphatic carbocycles. The molecule has 4 amide bonds. The highest BCUT2D eigenvalue weighted by atomic mass is 16.2. The number of amides is 4. The Hall–Kier alpha value is -2.81. The highest BCUT2D eigenvalue weighted by Crippen LogP contribution is 2.73. The number of carbonyl (C=O) groups excluding carboxylic acids is 4. The van der Waals surface area contributed by atoms with E-state index in [0.29, 0.717) is 26.2 Å². The van der Waals surface area contributed by atoms with Gasteiger partial charge in [-0.15, -0.1) is 0 Å². The summed E-state index contributed by atoms with van der Waals surface area (Å²) in [6, 6.07) is 0. The SMILES string of the molecule is CC(=O)NCC12CC3(CNC(C)=O)CC(CNC(C)=O)(C1)CC(CNC(=O)CN=[N+]=[N-])(C2)C3. The molecule has 0 spiro atoms. The van der Waals surface area contributed by atoms with Crippen LogP contribution < -0.4 is 21.3 Å². The fourth-order valence-corrected chi connectivity index (χ4v) is 7.65. The predicted octanol–water partition coefficient (Wildman–Crippen LogP) is 1.15. The van der Waals surface area contributed by atoms with E-state index in [0.717, 1.165) is 38.5 Å². The molecule has 0 aromatic rings. The minimum absolute atomic E-state index is 0.0886. The van der Waals surface area contributed by atoms with Crippen LogP contribution >= 0.6 is 0 Å². The zero-order chi connectivity index (χ0) is 24.3.